The Balaban J connectivity index is 1.88. The van der Waals surface area contributed by atoms with Crippen molar-refractivity contribution in [1.82, 2.24) is 0 Å². The van der Waals surface area contributed by atoms with Crippen LogP contribution in [-0.4, -0.2) is 5.11 Å². The van der Waals surface area contributed by atoms with Gasteiger partial charge in [0, 0.05) is 0 Å². The van der Waals surface area contributed by atoms with Crippen molar-refractivity contribution in [3.8, 4) is 0 Å². The van der Waals surface area contributed by atoms with Gasteiger partial charge in [-0.15, -0.1) is 0 Å². The second-order valence-corrected chi connectivity index (χ2v) is 5.72. The maximum Gasteiger partial charge on any atom is 0.0826 e. The van der Waals surface area contributed by atoms with Gasteiger partial charge in [0.25, 0.3) is 0 Å². The second kappa shape index (κ2) is 5.27. The number of aliphatic hydroxyl groups excluding tert-OH is 1. The molecule has 0 amide bonds. The fourth-order valence-electron chi connectivity index (χ4n) is 3.61. The third-order valence-electron chi connectivity index (χ3n) is 4.60. The highest BCUT2D eigenvalue weighted by Gasteiger charge is 2.31. The summed E-state index contributed by atoms with van der Waals surface area (Å²) in [4.78, 5) is 0. The summed E-state index contributed by atoms with van der Waals surface area (Å²) in [5.41, 5.74) is 2.53. The summed E-state index contributed by atoms with van der Waals surface area (Å²) in [5.74, 6) is 1.00. The number of rotatable bonds is 1. The first-order chi connectivity index (χ1) is 8.86. The first-order valence-corrected chi connectivity index (χ1v) is 7.29. The quantitative estimate of drug-likeness (QED) is 0.582. The highest BCUT2D eigenvalue weighted by Crippen LogP contribution is 2.40. The number of allylic oxidation sites excluding steroid dienone is 2. The van der Waals surface area contributed by atoms with Crippen LogP contribution < -0.4 is 0 Å². The van der Waals surface area contributed by atoms with Crippen LogP contribution in [0.3, 0.4) is 0 Å². The SMILES string of the molecule is OC1c2ccccc2CCCC1C1C=CCCC1. The molecule has 3 unspecified atom stereocenters. The molecule has 0 bridgehead atoms. The third kappa shape index (κ3) is 2.24. The van der Waals surface area contributed by atoms with Gasteiger partial charge in [-0.05, 0) is 61.5 Å². The molecule has 0 radical (unpaired) electrons. The van der Waals surface area contributed by atoms with E-state index in [9.17, 15) is 5.11 Å². The van der Waals surface area contributed by atoms with Crippen LogP contribution in [0.5, 0.6) is 0 Å². The molecule has 0 aromatic heterocycles. The summed E-state index contributed by atoms with van der Waals surface area (Å²) in [6.07, 6.45) is 11.6. The number of aryl methyl sites for hydroxylation is 1. The molecule has 2 aliphatic rings. The molecule has 2 aliphatic carbocycles. The standard InChI is InChI=1S/C17H22O/c18-17-15-11-5-4-9-14(15)10-6-12-16(17)13-7-2-1-3-8-13/h2,4-5,7,9,11,13,16-18H,1,3,6,8,10,12H2. The van der Waals surface area contributed by atoms with E-state index in [1.54, 1.807) is 0 Å². The van der Waals surface area contributed by atoms with Crippen LogP contribution in [0.1, 0.15) is 49.3 Å². The Bertz CT molecular complexity index is 435. The van der Waals surface area contributed by atoms with E-state index in [2.05, 4.69) is 36.4 Å². The third-order valence-corrected chi connectivity index (χ3v) is 4.60. The number of benzene rings is 1. The summed E-state index contributed by atoms with van der Waals surface area (Å²) < 4.78 is 0. The molecule has 1 aromatic rings. The highest BCUT2D eigenvalue weighted by atomic mass is 16.3. The van der Waals surface area contributed by atoms with Crippen LogP contribution in [0.25, 0.3) is 0 Å². The summed E-state index contributed by atoms with van der Waals surface area (Å²) in [5, 5.41) is 10.7. The molecular formula is C17H22O. The monoisotopic (exact) mass is 242 g/mol. The van der Waals surface area contributed by atoms with Gasteiger partial charge >= 0.3 is 0 Å². The van der Waals surface area contributed by atoms with Gasteiger partial charge in [-0.3, -0.25) is 0 Å². The average Bonchev–Trinajstić information content (AvgIpc) is 2.60. The number of fused-ring (bicyclic) bond motifs is 1. The zero-order valence-corrected chi connectivity index (χ0v) is 10.9. The summed E-state index contributed by atoms with van der Waals surface area (Å²) in [7, 11) is 0. The van der Waals surface area contributed by atoms with Gasteiger partial charge in [-0.2, -0.15) is 0 Å². The van der Waals surface area contributed by atoms with Crippen molar-refractivity contribution >= 4 is 0 Å². The van der Waals surface area contributed by atoms with E-state index in [4.69, 9.17) is 0 Å². The normalized spacial score (nSPS) is 31.7. The van der Waals surface area contributed by atoms with Gasteiger partial charge in [0.15, 0.2) is 0 Å². The maximum absolute atomic E-state index is 10.7. The lowest BCUT2D eigenvalue weighted by Gasteiger charge is -2.30. The fourth-order valence-corrected chi connectivity index (χ4v) is 3.61. The average molecular weight is 242 g/mol. The molecule has 0 heterocycles. The summed E-state index contributed by atoms with van der Waals surface area (Å²) >= 11 is 0. The van der Waals surface area contributed by atoms with Gasteiger partial charge in [0.05, 0.1) is 6.10 Å². The highest BCUT2D eigenvalue weighted by molar-refractivity contribution is 5.31. The minimum Gasteiger partial charge on any atom is -0.388 e. The van der Waals surface area contributed by atoms with Gasteiger partial charge in [-0.1, -0.05) is 36.4 Å². The van der Waals surface area contributed by atoms with Crippen molar-refractivity contribution in [2.75, 3.05) is 0 Å². The van der Waals surface area contributed by atoms with Crippen molar-refractivity contribution in [2.24, 2.45) is 11.8 Å². The minimum atomic E-state index is -0.267. The Morgan fingerprint density at radius 1 is 1.06 bits per heavy atom. The van der Waals surface area contributed by atoms with Crippen molar-refractivity contribution in [2.45, 2.75) is 44.6 Å². The molecule has 0 saturated heterocycles. The van der Waals surface area contributed by atoms with E-state index < -0.39 is 0 Å². The zero-order chi connectivity index (χ0) is 12.4. The van der Waals surface area contributed by atoms with Crippen LogP contribution in [0.2, 0.25) is 0 Å². The topological polar surface area (TPSA) is 20.2 Å². The Morgan fingerprint density at radius 3 is 2.78 bits per heavy atom. The van der Waals surface area contributed by atoms with Gasteiger partial charge in [0.2, 0.25) is 0 Å². The van der Waals surface area contributed by atoms with Crippen LogP contribution in [-0.2, 0) is 6.42 Å². The van der Waals surface area contributed by atoms with E-state index in [0.717, 1.165) is 12.8 Å². The Labute approximate surface area is 110 Å². The smallest absolute Gasteiger partial charge is 0.0826 e. The molecule has 0 saturated carbocycles. The summed E-state index contributed by atoms with van der Waals surface area (Å²) in [6.45, 7) is 0. The number of hydrogen-bond donors (Lipinski definition) is 1. The lowest BCUT2D eigenvalue weighted by atomic mass is 9.78. The maximum atomic E-state index is 10.7. The Kier molecular flexibility index (Phi) is 3.51. The Morgan fingerprint density at radius 2 is 1.94 bits per heavy atom. The van der Waals surface area contributed by atoms with Crippen LogP contribution in [0.15, 0.2) is 36.4 Å². The molecule has 1 N–H and O–H groups in total. The molecular weight excluding hydrogens is 220 g/mol. The lowest BCUT2D eigenvalue weighted by Crippen LogP contribution is -2.21. The number of hydrogen-bond acceptors (Lipinski definition) is 1. The van der Waals surface area contributed by atoms with Gasteiger partial charge in [0.1, 0.15) is 0 Å². The predicted molar refractivity (Wildman–Crippen MR) is 74.3 cm³/mol. The molecule has 18 heavy (non-hydrogen) atoms. The van der Waals surface area contributed by atoms with E-state index in [-0.39, 0.29) is 6.10 Å². The van der Waals surface area contributed by atoms with Crippen molar-refractivity contribution < 1.29 is 5.11 Å². The molecule has 96 valence electrons. The molecule has 1 nitrogen and oxygen atoms in total. The van der Waals surface area contributed by atoms with Crippen molar-refractivity contribution in [1.29, 1.82) is 0 Å². The molecule has 0 spiro atoms. The van der Waals surface area contributed by atoms with E-state index >= 15 is 0 Å². The molecule has 0 aliphatic heterocycles. The zero-order valence-electron chi connectivity index (χ0n) is 10.9. The number of aliphatic hydroxyl groups is 1. The molecule has 0 fully saturated rings. The van der Waals surface area contributed by atoms with Crippen molar-refractivity contribution in [3.05, 3.63) is 47.5 Å². The predicted octanol–water partition coefficient (Wildman–Crippen LogP) is 4.03. The van der Waals surface area contributed by atoms with Crippen molar-refractivity contribution in [3.63, 3.8) is 0 Å². The summed E-state index contributed by atoms with van der Waals surface area (Å²) in [6, 6.07) is 8.44. The molecule has 3 atom stereocenters. The lowest BCUT2D eigenvalue weighted by molar-refractivity contribution is 0.0765. The largest absolute Gasteiger partial charge is 0.388 e. The fraction of sp³-hybridized carbons (Fsp3) is 0.529. The van der Waals surface area contributed by atoms with E-state index in [1.807, 2.05) is 0 Å². The minimum absolute atomic E-state index is 0.267. The first kappa shape index (κ1) is 12.0. The van der Waals surface area contributed by atoms with Crippen LogP contribution in [0.4, 0.5) is 0 Å². The Hall–Kier alpha value is -1.08. The molecule has 3 rings (SSSR count). The first-order valence-electron chi connectivity index (χ1n) is 7.29. The molecule has 1 heteroatoms. The molecule has 1 aromatic carbocycles. The van der Waals surface area contributed by atoms with E-state index in [0.29, 0.717) is 11.8 Å². The van der Waals surface area contributed by atoms with E-state index in [1.165, 1.54) is 36.8 Å². The van der Waals surface area contributed by atoms with Gasteiger partial charge in [-0.25, -0.2) is 0 Å². The second-order valence-electron chi connectivity index (χ2n) is 5.72. The van der Waals surface area contributed by atoms with Crippen LogP contribution >= 0.6 is 0 Å². The van der Waals surface area contributed by atoms with Gasteiger partial charge < -0.3 is 5.11 Å². The van der Waals surface area contributed by atoms with Crippen LogP contribution in [0, 0.1) is 11.8 Å².